The lowest BCUT2D eigenvalue weighted by molar-refractivity contribution is -0.00825. The number of rotatable bonds is 0. The third-order valence-electron chi connectivity index (χ3n) is 2.31. The zero-order chi connectivity index (χ0) is 6.16. The highest BCUT2D eigenvalue weighted by Gasteiger charge is 2.37. The van der Waals surface area contributed by atoms with Crippen LogP contribution in [0.2, 0.25) is 0 Å². The van der Waals surface area contributed by atoms with Gasteiger partial charge >= 0.3 is 0 Å². The van der Waals surface area contributed by atoms with Gasteiger partial charge in [0.1, 0.15) is 5.72 Å². The smallest absolute Gasteiger partial charge is 0.119 e. The molecule has 1 atom stereocenters. The standard InChI is InChI=1S/C7H13NO/c1-3-7(8-5-1)4-2-6-9-7/h8H,1-6H2/t7-/m1/s1. The Bertz CT molecular complexity index is 84.0. The molecular formula is C7H13NO. The highest BCUT2D eigenvalue weighted by Crippen LogP contribution is 2.30. The summed E-state index contributed by atoms with van der Waals surface area (Å²) in [4.78, 5) is 0. The number of hydrogen-bond donors (Lipinski definition) is 1. The second-order valence-corrected chi connectivity index (χ2v) is 2.98. The van der Waals surface area contributed by atoms with Gasteiger partial charge in [-0.25, -0.2) is 0 Å². The molecule has 2 nitrogen and oxygen atoms in total. The molecule has 0 aromatic rings. The Labute approximate surface area is 55.6 Å². The largest absolute Gasteiger partial charge is 0.361 e. The summed E-state index contributed by atoms with van der Waals surface area (Å²) in [6.45, 7) is 2.12. The molecule has 2 aliphatic heterocycles. The average molecular weight is 127 g/mol. The van der Waals surface area contributed by atoms with Crippen molar-refractivity contribution in [3.8, 4) is 0 Å². The summed E-state index contributed by atoms with van der Waals surface area (Å²) in [5, 5.41) is 3.41. The van der Waals surface area contributed by atoms with E-state index in [1.165, 1.54) is 25.7 Å². The average Bonchev–Trinajstić information content (AvgIpc) is 2.45. The van der Waals surface area contributed by atoms with E-state index in [-0.39, 0.29) is 5.72 Å². The van der Waals surface area contributed by atoms with Crippen molar-refractivity contribution in [2.24, 2.45) is 0 Å². The lowest BCUT2D eigenvalue weighted by Crippen LogP contribution is -2.38. The SMILES string of the molecule is C1CN[C@@]2(C1)CCCO2. The van der Waals surface area contributed by atoms with E-state index < -0.39 is 0 Å². The van der Waals surface area contributed by atoms with Gasteiger partial charge in [-0.15, -0.1) is 0 Å². The first-order chi connectivity index (χ1) is 4.41. The van der Waals surface area contributed by atoms with E-state index in [1.54, 1.807) is 0 Å². The summed E-state index contributed by atoms with van der Waals surface area (Å²) in [5.41, 5.74) is 0.139. The van der Waals surface area contributed by atoms with Crippen LogP contribution in [0.1, 0.15) is 25.7 Å². The topological polar surface area (TPSA) is 21.3 Å². The minimum absolute atomic E-state index is 0.139. The second-order valence-electron chi connectivity index (χ2n) is 2.98. The van der Waals surface area contributed by atoms with E-state index in [1.807, 2.05) is 0 Å². The third kappa shape index (κ3) is 0.864. The molecule has 2 heterocycles. The summed E-state index contributed by atoms with van der Waals surface area (Å²) >= 11 is 0. The van der Waals surface area contributed by atoms with Crippen molar-refractivity contribution in [1.29, 1.82) is 0 Å². The van der Waals surface area contributed by atoms with E-state index in [0.29, 0.717) is 0 Å². The zero-order valence-electron chi connectivity index (χ0n) is 5.65. The Morgan fingerprint density at radius 3 is 2.67 bits per heavy atom. The first-order valence-corrected chi connectivity index (χ1v) is 3.80. The van der Waals surface area contributed by atoms with Gasteiger partial charge in [0.05, 0.1) is 0 Å². The van der Waals surface area contributed by atoms with Gasteiger partial charge in [0.2, 0.25) is 0 Å². The van der Waals surface area contributed by atoms with Gasteiger partial charge < -0.3 is 4.74 Å². The van der Waals surface area contributed by atoms with Gasteiger partial charge in [0.25, 0.3) is 0 Å². The third-order valence-corrected chi connectivity index (χ3v) is 2.31. The molecule has 2 aliphatic rings. The van der Waals surface area contributed by atoms with Crippen molar-refractivity contribution in [2.45, 2.75) is 31.4 Å². The summed E-state index contributed by atoms with van der Waals surface area (Å²) < 4.78 is 5.59. The van der Waals surface area contributed by atoms with E-state index in [4.69, 9.17) is 4.74 Å². The van der Waals surface area contributed by atoms with E-state index in [2.05, 4.69) is 5.32 Å². The minimum Gasteiger partial charge on any atom is -0.361 e. The maximum absolute atomic E-state index is 5.59. The van der Waals surface area contributed by atoms with Crippen molar-refractivity contribution in [3.63, 3.8) is 0 Å². The predicted molar refractivity (Wildman–Crippen MR) is 35.2 cm³/mol. The van der Waals surface area contributed by atoms with E-state index >= 15 is 0 Å². The summed E-state index contributed by atoms with van der Waals surface area (Å²) in [6.07, 6.45) is 4.99. The Kier molecular flexibility index (Phi) is 1.24. The molecule has 52 valence electrons. The first kappa shape index (κ1) is 5.69. The van der Waals surface area contributed by atoms with Crippen LogP contribution in [0.5, 0.6) is 0 Å². The fourth-order valence-electron chi connectivity index (χ4n) is 1.81. The Morgan fingerprint density at radius 2 is 2.11 bits per heavy atom. The van der Waals surface area contributed by atoms with Crippen molar-refractivity contribution >= 4 is 0 Å². The highest BCUT2D eigenvalue weighted by molar-refractivity contribution is 4.87. The quantitative estimate of drug-likeness (QED) is 0.521. The van der Waals surface area contributed by atoms with Crippen molar-refractivity contribution in [1.82, 2.24) is 5.32 Å². The number of hydrogen-bond acceptors (Lipinski definition) is 2. The molecular weight excluding hydrogens is 114 g/mol. The molecule has 0 aliphatic carbocycles. The molecule has 0 aromatic heterocycles. The second kappa shape index (κ2) is 1.96. The van der Waals surface area contributed by atoms with Crippen LogP contribution in [0, 0.1) is 0 Å². The van der Waals surface area contributed by atoms with Gasteiger partial charge in [-0.3, -0.25) is 5.32 Å². The first-order valence-electron chi connectivity index (χ1n) is 3.80. The molecule has 0 unspecified atom stereocenters. The molecule has 2 saturated heterocycles. The summed E-state index contributed by atoms with van der Waals surface area (Å²) in [6, 6.07) is 0. The molecule has 0 aromatic carbocycles. The molecule has 2 rings (SSSR count). The fraction of sp³-hybridized carbons (Fsp3) is 1.00. The van der Waals surface area contributed by atoms with Crippen LogP contribution in [-0.2, 0) is 4.74 Å². The van der Waals surface area contributed by atoms with Crippen molar-refractivity contribution < 1.29 is 4.74 Å². The van der Waals surface area contributed by atoms with Gasteiger partial charge in [-0.2, -0.15) is 0 Å². The van der Waals surface area contributed by atoms with Crippen LogP contribution in [0.15, 0.2) is 0 Å². The Hall–Kier alpha value is -0.0800. The molecule has 0 amide bonds. The number of nitrogens with one attached hydrogen (secondary N) is 1. The molecule has 0 saturated carbocycles. The fourth-order valence-corrected chi connectivity index (χ4v) is 1.81. The minimum atomic E-state index is 0.139. The van der Waals surface area contributed by atoms with Gasteiger partial charge in [0, 0.05) is 6.61 Å². The zero-order valence-corrected chi connectivity index (χ0v) is 5.65. The van der Waals surface area contributed by atoms with Crippen molar-refractivity contribution in [2.75, 3.05) is 13.2 Å². The predicted octanol–water partition coefficient (Wildman–Crippen LogP) is 0.877. The molecule has 9 heavy (non-hydrogen) atoms. The lowest BCUT2D eigenvalue weighted by Gasteiger charge is -2.21. The Morgan fingerprint density at radius 1 is 1.22 bits per heavy atom. The van der Waals surface area contributed by atoms with Crippen LogP contribution in [0.25, 0.3) is 0 Å². The van der Waals surface area contributed by atoms with Crippen LogP contribution < -0.4 is 5.32 Å². The monoisotopic (exact) mass is 127 g/mol. The maximum Gasteiger partial charge on any atom is 0.119 e. The molecule has 0 radical (unpaired) electrons. The number of ether oxygens (including phenoxy) is 1. The van der Waals surface area contributed by atoms with Gasteiger partial charge in [0.15, 0.2) is 0 Å². The Balaban J connectivity index is 2.04. The van der Waals surface area contributed by atoms with E-state index in [0.717, 1.165) is 13.2 Å². The highest BCUT2D eigenvalue weighted by atomic mass is 16.5. The van der Waals surface area contributed by atoms with Gasteiger partial charge in [-0.1, -0.05) is 0 Å². The van der Waals surface area contributed by atoms with Crippen molar-refractivity contribution in [3.05, 3.63) is 0 Å². The normalized spacial score (nSPS) is 42.7. The lowest BCUT2D eigenvalue weighted by atomic mass is 10.1. The van der Waals surface area contributed by atoms with Gasteiger partial charge in [-0.05, 0) is 32.2 Å². The van der Waals surface area contributed by atoms with E-state index in [9.17, 15) is 0 Å². The van der Waals surface area contributed by atoms with Crippen LogP contribution >= 0.6 is 0 Å². The van der Waals surface area contributed by atoms with Crippen LogP contribution in [0.4, 0.5) is 0 Å². The summed E-state index contributed by atoms with van der Waals surface area (Å²) in [5.74, 6) is 0. The van der Waals surface area contributed by atoms with Crippen LogP contribution in [-0.4, -0.2) is 18.9 Å². The molecule has 2 heteroatoms. The molecule has 2 fully saturated rings. The molecule has 0 bridgehead atoms. The maximum atomic E-state index is 5.59. The molecule has 1 spiro atoms. The summed E-state index contributed by atoms with van der Waals surface area (Å²) in [7, 11) is 0. The van der Waals surface area contributed by atoms with Crippen LogP contribution in [0.3, 0.4) is 0 Å². The molecule has 1 N–H and O–H groups in total.